The van der Waals surface area contributed by atoms with Gasteiger partial charge in [0.05, 0.1) is 5.57 Å². The van der Waals surface area contributed by atoms with Crippen LogP contribution in [0, 0.1) is 5.82 Å². The first-order valence-electron chi connectivity index (χ1n) is 6.15. The van der Waals surface area contributed by atoms with E-state index in [1.165, 1.54) is 12.1 Å². The zero-order chi connectivity index (χ0) is 13.1. The molecule has 1 aliphatic rings. The molecule has 3 nitrogen and oxygen atoms in total. The molecule has 0 saturated carbocycles. The molecule has 2 rings (SSSR count). The lowest BCUT2D eigenvalue weighted by Crippen LogP contribution is -2.14. The first kappa shape index (κ1) is 12.6. The highest BCUT2D eigenvalue weighted by Gasteiger charge is 2.24. The first-order valence-corrected chi connectivity index (χ1v) is 6.15. The number of unbranched alkanes of at least 4 members (excludes halogenated alkanes) is 1. The monoisotopic (exact) mass is 248 g/mol. The predicted molar refractivity (Wildman–Crippen MR) is 70.5 cm³/mol. The number of amides is 1. The fraction of sp³-hybridized carbons (Fsp3) is 0.357. The van der Waals surface area contributed by atoms with Crippen LogP contribution in [0.3, 0.4) is 0 Å². The summed E-state index contributed by atoms with van der Waals surface area (Å²) in [6, 6.07) is 4.34. The van der Waals surface area contributed by atoms with Crippen molar-refractivity contribution < 1.29 is 9.18 Å². The lowest BCUT2D eigenvalue weighted by molar-refractivity contribution is -0.110. The fourth-order valence-corrected chi connectivity index (χ4v) is 1.98. The summed E-state index contributed by atoms with van der Waals surface area (Å²) in [6.07, 6.45) is 3.96. The summed E-state index contributed by atoms with van der Waals surface area (Å²) >= 11 is 0. The van der Waals surface area contributed by atoms with Gasteiger partial charge in [-0.1, -0.05) is 13.3 Å². The summed E-state index contributed by atoms with van der Waals surface area (Å²) in [4.78, 5) is 13.8. The number of nitrogens with one attached hydrogen (secondary N) is 1. The molecule has 1 aliphatic heterocycles. The van der Waals surface area contributed by atoms with E-state index in [9.17, 15) is 9.18 Å². The second kappa shape index (κ2) is 5.21. The van der Waals surface area contributed by atoms with Gasteiger partial charge in [0, 0.05) is 31.0 Å². The summed E-state index contributed by atoms with van der Waals surface area (Å²) in [5.74, 6) is -0.494. The number of anilines is 1. The minimum atomic E-state index is -0.327. The Morgan fingerprint density at radius 3 is 2.94 bits per heavy atom. The van der Waals surface area contributed by atoms with Gasteiger partial charge in [-0.15, -0.1) is 0 Å². The van der Waals surface area contributed by atoms with Crippen LogP contribution >= 0.6 is 0 Å². The molecule has 0 aliphatic carbocycles. The predicted octanol–water partition coefficient (Wildman–Crippen LogP) is 2.85. The molecule has 0 spiro atoms. The fourth-order valence-electron chi connectivity index (χ4n) is 1.98. The summed E-state index contributed by atoms with van der Waals surface area (Å²) in [6.45, 7) is 3.01. The van der Waals surface area contributed by atoms with Crippen LogP contribution in [0.4, 0.5) is 10.1 Å². The molecule has 0 fully saturated rings. The number of hydrogen-bond acceptors (Lipinski definition) is 2. The second-order valence-corrected chi connectivity index (χ2v) is 4.52. The Bertz CT molecular complexity index is 497. The number of fused-ring (bicyclic) bond motifs is 1. The van der Waals surface area contributed by atoms with Crippen molar-refractivity contribution in [2.24, 2.45) is 0 Å². The Morgan fingerprint density at radius 2 is 2.22 bits per heavy atom. The molecule has 1 aromatic carbocycles. The van der Waals surface area contributed by atoms with Gasteiger partial charge in [0.1, 0.15) is 5.82 Å². The van der Waals surface area contributed by atoms with E-state index in [2.05, 4.69) is 12.2 Å². The zero-order valence-corrected chi connectivity index (χ0v) is 10.7. The van der Waals surface area contributed by atoms with Crippen molar-refractivity contribution in [2.45, 2.75) is 19.8 Å². The van der Waals surface area contributed by atoms with Crippen molar-refractivity contribution in [1.29, 1.82) is 0 Å². The topological polar surface area (TPSA) is 32.3 Å². The smallest absolute Gasteiger partial charge is 0.257 e. The largest absolute Gasteiger partial charge is 0.380 e. The summed E-state index contributed by atoms with van der Waals surface area (Å²) in [7, 11) is 1.92. The van der Waals surface area contributed by atoms with Crippen LogP contribution in [0.5, 0.6) is 0 Å². The molecule has 1 amide bonds. The van der Waals surface area contributed by atoms with Crippen molar-refractivity contribution in [2.75, 3.05) is 18.9 Å². The molecule has 96 valence electrons. The molecule has 4 heteroatoms. The molecule has 1 aromatic rings. The molecule has 0 radical (unpaired) electrons. The Hall–Kier alpha value is -1.84. The average molecular weight is 248 g/mol. The molecular formula is C14H17FN2O. The Balaban J connectivity index is 2.26. The number of benzene rings is 1. The first-order chi connectivity index (χ1) is 8.61. The molecule has 0 saturated heterocycles. The number of nitrogens with zero attached hydrogens (tertiary/aromatic N) is 1. The minimum absolute atomic E-state index is 0.168. The normalized spacial score (nSPS) is 15.7. The molecule has 0 aromatic heterocycles. The van der Waals surface area contributed by atoms with Crippen LogP contribution in [0.15, 0.2) is 24.4 Å². The third kappa shape index (κ3) is 2.53. The molecule has 0 atom stereocenters. The van der Waals surface area contributed by atoms with E-state index in [1.54, 1.807) is 12.3 Å². The van der Waals surface area contributed by atoms with Gasteiger partial charge in [-0.3, -0.25) is 4.79 Å². The maximum absolute atomic E-state index is 13.2. The van der Waals surface area contributed by atoms with E-state index in [1.807, 2.05) is 11.9 Å². The number of carbonyl (C=O) groups is 1. The lowest BCUT2D eigenvalue weighted by atomic mass is 10.1. The molecule has 0 bridgehead atoms. The Labute approximate surface area is 106 Å². The van der Waals surface area contributed by atoms with E-state index in [-0.39, 0.29) is 11.7 Å². The van der Waals surface area contributed by atoms with Gasteiger partial charge in [-0.25, -0.2) is 4.39 Å². The van der Waals surface area contributed by atoms with E-state index < -0.39 is 0 Å². The van der Waals surface area contributed by atoms with Crippen LogP contribution in [-0.2, 0) is 4.79 Å². The standard InChI is InChI=1S/C14H17FN2O/c1-3-4-7-17(2)9-12-11-8-10(15)5-6-13(11)16-14(12)18/h5-6,8-9H,3-4,7H2,1-2H3,(H,16,18)/b12-9+. The molecule has 18 heavy (non-hydrogen) atoms. The highest BCUT2D eigenvalue weighted by atomic mass is 19.1. The van der Waals surface area contributed by atoms with Gasteiger partial charge in [0.15, 0.2) is 0 Å². The Morgan fingerprint density at radius 1 is 1.44 bits per heavy atom. The Kier molecular flexibility index (Phi) is 3.65. The van der Waals surface area contributed by atoms with Crippen LogP contribution in [-0.4, -0.2) is 24.4 Å². The quantitative estimate of drug-likeness (QED) is 0.831. The van der Waals surface area contributed by atoms with Crippen molar-refractivity contribution in [1.82, 2.24) is 4.90 Å². The molecule has 1 heterocycles. The highest BCUT2D eigenvalue weighted by molar-refractivity contribution is 6.31. The maximum Gasteiger partial charge on any atom is 0.257 e. The average Bonchev–Trinajstić information content (AvgIpc) is 2.63. The molecule has 1 N–H and O–H groups in total. The molecular weight excluding hydrogens is 231 g/mol. The van der Waals surface area contributed by atoms with E-state index in [0.29, 0.717) is 16.8 Å². The summed E-state index contributed by atoms with van der Waals surface area (Å²) in [5.41, 5.74) is 1.85. The van der Waals surface area contributed by atoms with Crippen LogP contribution in [0.25, 0.3) is 5.57 Å². The van der Waals surface area contributed by atoms with Crippen LogP contribution in [0.2, 0.25) is 0 Å². The van der Waals surface area contributed by atoms with Gasteiger partial charge < -0.3 is 10.2 Å². The van der Waals surface area contributed by atoms with Crippen LogP contribution in [0.1, 0.15) is 25.3 Å². The maximum atomic E-state index is 13.2. The summed E-state index contributed by atoms with van der Waals surface area (Å²) in [5, 5.41) is 2.74. The number of carbonyl (C=O) groups excluding carboxylic acids is 1. The third-order valence-electron chi connectivity index (χ3n) is 2.98. The lowest BCUT2D eigenvalue weighted by Gasteiger charge is -2.14. The van der Waals surface area contributed by atoms with Crippen molar-refractivity contribution in [3.8, 4) is 0 Å². The van der Waals surface area contributed by atoms with E-state index in [4.69, 9.17) is 0 Å². The van der Waals surface area contributed by atoms with Crippen molar-refractivity contribution in [3.63, 3.8) is 0 Å². The number of halogens is 1. The third-order valence-corrected chi connectivity index (χ3v) is 2.98. The van der Waals surface area contributed by atoms with Crippen LogP contribution < -0.4 is 5.32 Å². The zero-order valence-electron chi connectivity index (χ0n) is 10.7. The van der Waals surface area contributed by atoms with E-state index >= 15 is 0 Å². The van der Waals surface area contributed by atoms with Gasteiger partial charge in [-0.05, 0) is 24.6 Å². The molecule has 0 unspecified atom stereocenters. The van der Waals surface area contributed by atoms with Gasteiger partial charge in [0.2, 0.25) is 0 Å². The van der Waals surface area contributed by atoms with Gasteiger partial charge in [0.25, 0.3) is 5.91 Å². The van der Waals surface area contributed by atoms with Gasteiger partial charge >= 0.3 is 0 Å². The number of rotatable bonds is 4. The minimum Gasteiger partial charge on any atom is -0.380 e. The highest BCUT2D eigenvalue weighted by Crippen LogP contribution is 2.32. The number of hydrogen-bond donors (Lipinski definition) is 1. The van der Waals surface area contributed by atoms with Crippen molar-refractivity contribution in [3.05, 3.63) is 35.8 Å². The van der Waals surface area contributed by atoms with E-state index in [0.717, 1.165) is 19.4 Å². The van der Waals surface area contributed by atoms with Gasteiger partial charge in [-0.2, -0.15) is 0 Å². The second-order valence-electron chi connectivity index (χ2n) is 4.52. The SMILES string of the molecule is CCCCN(C)/C=C1/C(=O)Nc2ccc(F)cc21. The van der Waals surface area contributed by atoms with Crippen molar-refractivity contribution >= 4 is 17.2 Å². The summed E-state index contributed by atoms with van der Waals surface area (Å²) < 4.78 is 13.2.